The van der Waals surface area contributed by atoms with E-state index in [1.807, 2.05) is 42.7 Å². The minimum atomic E-state index is -0.875. The number of nitrogens with zero attached hydrogens (tertiary/aromatic N) is 3. The normalized spacial score (nSPS) is 15.1. The lowest BCUT2D eigenvalue weighted by Gasteiger charge is -2.25. The van der Waals surface area contributed by atoms with E-state index in [0.29, 0.717) is 39.6 Å². The second-order valence-corrected chi connectivity index (χ2v) is 7.68. The molecular formula is C22H20N4O4. The summed E-state index contributed by atoms with van der Waals surface area (Å²) in [5, 5.41) is 11.5. The van der Waals surface area contributed by atoms with Gasteiger partial charge >= 0.3 is 0 Å². The molecule has 0 saturated carbocycles. The highest BCUT2D eigenvalue weighted by molar-refractivity contribution is 5.91. The van der Waals surface area contributed by atoms with Crippen molar-refractivity contribution in [2.45, 2.75) is 19.4 Å². The number of aromatic amines is 1. The monoisotopic (exact) mass is 404 g/mol. The van der Waals surface area contributed by atoms with Gasteiger partial charge in [-0.05, 0) is 26.0 Å². The standard InChI is InChI=1S/C22H20N4O4/c1-22(2)18(27)17(19-23-12-7-5-6-8-13(12)24-19)20-25-21(28)16-14(26(20)22)9-11(29-3)10-15(16)30-4/h5-10,27H,1-4H3,(H,23,24). The molecule has 0 radical (unpaired) electrons. The van der Waals surface area contributed by atoms with Crippen LogP contribution >= 0.6 is 0 Å². The number of hydrogen-bond acceptors (Lipinski definition) is 6. The lowest BCUT2D eigenvalue weighted by Crippen LogP contribution is -2.29. The second kappa shape index (κ2) is 6.09. The van der Waals surface area contributed by atoms with Crippen LogP contribution in [0.2, 0.25) is 0 Å². The molecule has 1 aliphatic rings. The number of nitrogens with one attached hydrogen (secondary N) is 1. The van der Waals surface area contributed by atoms with Gasteiger partial charge in [-0.15, -0.1) is 0 Å². The highest BCUT2D eigenvalue weighted by atomic mass is 16.5. The van der Waals surface area contributed by atoms with Crippen LogP contribution in [0.3, 0.4) is 0 Å². The van der Waals surface area contributed by atoms with Crippen molar-refractivity contribution in [2.24, 2.45) is 0 Å². The van der Waals surface area contributed by atoms with E-state index in [2.05, 4.69) is 15.0 Å². The average molecular weight is 404 g/mol. The molecule has 3 heterocycles. The molecule has 0 atom stereocenters. The largest absolute Gasteiger partial charge is 0.509 e. The molecule has 0 fully saturated rings. The molecule has 0 spiro atoms. The molecule has 1 aliphatic heterocycles. The Morgan fingerprint density at radius 2 is 1.87 bits per heavy atom. The summed E-state index contributed by atoms with van der Waals surface area (Å²) in [4.78, 5) is 25.2. The number of imidazole rings is 1. The quantitative estimate of drug-likeness (QED) is 0.543. The molecule has 2 aromatic heterocycles. The maximum absolute atomic E-state index is 13.0. The van der Waals surface area contributed by atoms with Crippen LogP contribution < -0.4 is 15.0 Å². The van der Waals surface area contributed by atoms with Gasteiger partial charge < -0.3 is 24.1 Å². The Morgan fingerprint density at radius 1 is 1.10 bits per heavy atom. The van der Waals surface area contributed by atoms with Gasteiger partial charge in [0.25, 0.3) is 5.56 Å². The fraction of sp³-hybridized carbons (Fsp3) is 0.227. The van der Waals surface area contributed by atoms with Crippen molar-refractivity contribution in [3.63, 3.8) is 0 Å². The number of fused-ring (bicyclic) bond motifs is 4. The number of aliphatic hydroxyl groups is 1. The summed E-state index contributed by atoms with van der Waals surface area (Å²) in [6.45, 7) is 3.72. The molecule has 8 heteroatoms. The van der Waals surface area contributed by atoms with E-state index in [9.17, 15) is 9.90 Å². The minimum absolute atomic E-state index is 0.0720. The Labute approximate surface area is 171 Å². The van der Waals surface area contributed by atoms with Gasteiger partial charge in [-0.2, -0.15) is 4.98 Å². The van der Waals surface area contributed by atoms with Gasteiger partial charge in [0.05, 0.1) is 36.3 Å². The number of rotatable bonds is 3. The van der Waals surface area contributed by atoms with Crippen molar-refractivity contribution in [1.29, 1.82) is 0 Å². The van der Waals surface area contributed by atoms with E-state index in [1.165, 1.54) is 7.11 Å². The third-order valence-corrected chi connectivity index (χ3v) is 5.61. The maximum atomic E-state index is 13.0. The van der Waals surface area contributed by atoms with Gasteiger partial charge in [-0.3, -0.25) is 4.79 Å². The molecule has 152 valence electrons. The third kappa shape index (κ3) is 2.30. The summed E-state index contributed by atoms with van der Waals surface area (Å²) in [5.41, 5.74) is 1.22. The number of ether oxygens (including phenoxy) is 2. The first-order chi connectivity index (χ1) is 14.4. The Morgan fingerprint density at radius 3 is 2.57 bits per heavy atom. The van der Waals surface area contributed by atoms with E-state index < -0.39 is 11.1 Å². The van der Waals surface area contributed by atoms with Gasteiger partial charge in [0, 0.05) is 12.1 Å². The lowest BCUT2D eigenvalue weighted by atomic mass is 10.0. The van der Waals surface area contributed by atoms with Crippen molar-refractivity contribution >= 4 is 27.5 Å². The van der Waals surface area contributed by atoms with Gasteiger partial charge in [0.1, 0.15) is 34.0 Å². The molecule has 0 bridgehead atoms. The highest BCUT2D eigenvalue weighted by Gasteiger charge is 2.42. The van der Waals surface area contributed by atoms with E-state index in [1.54, 1.807) is 19.2 Å². The highest BCUT2D eigenvalue weighted by Crippen LogP contribution is 2.44. The third-order valence-electron chi connectivity index (χ3n) is 5.61. The van der Waals surface area contributed by atoms with E-state index >= 15 is 0 Å². The summed E-state index contributed by atoms with van der Waals surface area (Å²) in [6, 6.07) is 11.0. The molecule has 30 heavy (non-hydrogen) atoms. The first-order valence-corrected chi connectivity index (χ1v) is 9.45. The average Bonchev–Trinajstić information content (AvgIpc) is 3.23. The number of hydrogen-bond donors (Lipinski definition) is 2. The molecule has 2 aromatic carbocycles. The number of methoxy groups -OCH3 is 2. The summed E-state index contributed by atoms with van der Waals surface area (Å²) in [5.74, 6) is 1.76. The molecule has 2 N–H and O–H groups in total. The molecule has 5 rings (SSSR count). The van der Waals surface area contributed by atoms with Crippen molar-refractivity contribution in [2.75, 3.05) is 14.2 Å². The molecule has 0 saturated heterocycles. The van der Waals surface area contributed by atoms with Gasteiger partial charge in [-0.1, -0.05) is 12.1 Å². The number of H-pyrrole nitrogens is 1. The van der Waals surface area contributed by atoms with E-state index in [0.717, 1.165) is 11.0 Å². The second-order valence-electron chi connectivity index (χ2n) is 7.68. The van der Waals surface area contributed by atoms with Crippen LogP contribution in [0.15, 0.2) is 47.0 Å². The number of aliphatic hydroxyl groups excluding tert-OH is 1. The topological polar surface area (TPSA) is 102 Å². The smallest absolute Gasteiger partial charge is 0.284 e. The summed E-state index contributed by atoms with van der Waals surface area (Å²) in [7, 11) is 3.04. The maximum Gasteiger partial charge on any atom is 0.284 e. The van der Waals surface area contributed by atoms with Gasteiger partial charge in [0.15, 0.2) is 5.82 Å². The molecular weight excluding hydrogens is 384 g/mol. The van der Waals surface area contributed by atoms with Gasteiger partial charge in [0.2, 0.25) is 0 Å². The molecule has 0 aliphatic carbocycles. The van der Waals surface area contributed by atoms with Crippen LogP contribution in [0.5, 0.6) is 11.5 Å². The molecule has 0 unspecified atom stereocenters. The number of benzene rings is 2. The van der Waals surface area contributed by atoms with Crippen LogP contribution in [0, 0.1) is 0 Å². The van der Waals surface area contributed by atoms with E-state index in [4.69, 9.17) is 9.47 Å². The zero-order valence-corrected chi connectivity index (χ0v) is 17.0. The number of aromatic nitrogens is 4. The fourth-order valence-electron chi connectivity index (χ4n) is 4.10. The lowest BCUT2D eigenvalue weighted by molar-refractivity contribution is 0.275. The zero-order valence-electron chi connectivity index (χ0n) is 17.0. The summed E-state index contributed by atoms with van der Waals surface area (Å²) < 4.78 is 12.7. The van der Waals surface area contributed by atoms with Crippen LogP contribution in [0.4, 0.5) is 0 Å². The van der Waals surface area contributed by atoms with Crippen LogP contribution in [-0.2, 0) is 5.54 Å². The molecule has 8 nitrogen and oxygen atoms in total. The van der Waals surface area contributed by atoms with Crippen molar-refractivity contribution < 1.29 is 14.6 Å². The first kappa shape index (κ1) is 18.2. The number of para-hydroxylation sites is 2. The predicted molar refractivity (Wildman–Crippen MR) is 113 cm³/mol. The van der Waals surface area contributed by atoms with Crippen LogP contribution in [-0.4, -0.2) is 38.8 Å². The molecule has 4 aromatic rings. The Balaban J connectivity index is 1.89. The van der Waals surface area contributed by atoms with Crippen LogP contribution in [0.25, 0.3) is 27.5 Å². The van der Waals surface area contributed by atoms with Crippen molar-refractivity contribution in [3.05, 3.63) is 64.2 Å². The van der Waals surface area contributed by atoms with Crippen molar-refractivity contribution in [3.8, 4) is 11.5 Å². The SMILES string of the molecule is COc1cc(OC)c2c(=O)nc3n(c2c1)C(C)(C)C(O)=C3c1nc2ccccc2[nH]1. The fourth-order valence-corrected chi connectivity index (χ4v) is 4.10. The Bertz CT molecular complexity index is 1400. The first-order valence-electron chi connectivity index (χ1n) is 9.45. The van der Waals surface area contributed by atoms with Crippen LogP contribution in [0.1, 0.15) is 25.5 Å². The summed E-state index contributed by atoms with van der Waals surface area (Å²) in [6.07, 6.45) is 0. The zero-order chi connectivity index (χ0) is 21.2. The molecule has 0 amide bonds. The van der Waals surface area contributed by atoms with Crippen molar-refractivity contribution in [1.82, 2.24) is 19.5 Å². The van der Waals surface area contributed by atoms with E-state index in [-0.39, 0.29) is 5.76 Å². The minimum Gasteiger partial charge on any atom is -0.509 e. The summed E-state index contributed by atoms with van der Waals surface area (Å²) >= 11 is 0. The van der Waals surface area contributed by atoms with Gasteiger partial charge in [-0.25, -0.2) is 4.98 Å². The Hall–Kier alpha value is -3.81. The number of allylic oxidation sites excluding steroid dienone is 1. The Kier molecular flexibility index (Phi) is 3.70. The predicted octanol–water partition coefficient (Wildman–Crippen LogP) is 3.36.